The first-order chi connectivity index (χ1) is 19.8. The Kier molecular flexibility index (Phi) is 8.19. The molecule has 4 aliphatic rings. The number of nitriles is 1. The quantitative estimate of drug-likeness (QED) is 0.441. The average Bonchev–Trinajstić information content (AvgIpc) is 3.87. The summed E-state index contributed by atoms with van der Waals surface area (Å²) in [6.45, 7) is 3.84. The van der Waals surface area contributed by atoms with E-state index in [1.165, 1.54) is 6.07 Å². The van der Waals surface area contributed by atoms with Crippen LogP contribution in [0.15, 0.2) is 23.1 Å². The predicted molar refractivity (Wildman–Crippen MR) is 147 cm³/mol. The molecular formula is C27H33ClF3N5O5S. The average molecular weight is 632 g/mol. The number of alkyl halides is 3. The third-order valence-electron chi connectivity index (χ3n) is 8.86. The molecule has 2 heterocycles. The molecule has 15 heteroatoms. The molecule has 42 heavy (non-hydrogen) atoms. The lowest BCUT2D eigenvalue weighted by Crippen LogP contribution is -2.53. The molecule has 2 atom stereocenters. The van der Waals surface area contributed by atoms with Crippen LogP contribution in [0.2, 0.25) is 5.02 Å². The smallest absolute Gasteiger partial charge is 0.383 e. The monoisotopic (exact) mass is 631 g/mol. The highest BCUT2D eigenvalue weighted by atomic mass is 35.5. The molecule has 0 aromatic heterocycles. The van der Waals surface area contributed by atoms with Crippen LogP contribution in [0.3, 0.4) is 0 Å². The minimum absolute atomic E-state index is 0.0459. The first-order valence-electron chi connectivity index (χ1n) is 13.9. The molecule has 2 amide bonds. The number of benzene rings is 1. The number of ether oxygens (including phenoxy) is 1. The number of sulfone groups is 1. The fraction of sp³-hybridized carbons (Fsp3) is 0.667. The molecule has 2 saturated heterocycles. The van der Waals surface area contributed by atoms with Gasteiger partial charge in [-0.15, -0.1) is 0 Å². The first-order valence-corrected chi connectivity index (χ1v) is 15.8. The molecule has 2 aliphatic carbocycles. The van der Waals surface area contributed by atoms with Gasteiger partial charge >= 0.3 is 6.18 Å². The number of halogens is 4. The number of piperazine rings is 1. The van der Waals surface area contributed by atoms with Crippen molar-refractivity contribution in [3.8, 4) is 6.07 Å². The topological polar surface area (TPSA) is 123 Å². The van der Waals surface area contributed by atoms with Gasteiger partial charge in [-0.05, 0) is 50.3 Å². The van der Waals surface area contributed by atoms with E-state index >= 15 is 0 Å². The van der Waals surface area contributed by atoms with E-state index in [4.69, 9.17) is 16.3 Å². The molecule has 0 spiro atoms. The Balaban J connectivity index is 1.36. The van der Waals surface area contributed by atoms with Crippen molar-refractivity contribution in [1.29, 1.82) is 5.26 Å². The van der Waals surface area contributed by atoms with E-state index in [9.17, 15) is 36.4 Å². The molecule has 5 rings (SSSR count). The second kappa shape index (κ2) is 11.2. The van der Waals surface area contributed by atoms with E-state index in [1.54, 1.807) is 19.2 Å². The van der Waals surface area contributed by atoms with Crippen LogP contribution in [-0.4, -0.2) is 106 Å². The van der Waals surface area contributed by atoms with Crippen LogP contribution in [0.5, 0.6) is 0 Å². The largest absolute Gasteiger partial charge is 0.403 e. The number of anilines is 1. The molecular weight excluding hydrogens is 599 g/mol. The number of nitrogens with one attached hydrogen (secondary N) is 1. The number of likely N-dealkylation sites (tertiary alicyclic amines) is 1. The van der Waals surface area contributed by atoms with E-state index in [2.05, 4.69) is 15.1 Å². The molecule has 10 nitrogen and oxygen atoms in total. The Morgan fingerprint density at radius 2 is 1.83 bits per heavy atom. The van der Waals surface area contributed by atoms with Gasteiger partial charge in [0.25, 0.3) is 0 Å². The van der Waals surface area contributed by atoms with Crippen molar-refractivity contribution >= 4 is 38.9 Å². The van der Waals surface area contributed by atoms with Gasteiger partial charge in [0.05, 0.1) is 27.8 Å². The zero-order valence-electron chi connectivity index (χ0n) is 23.1. The Bertz CT molecular complexity index is 1390. The zero-order valence-corrected chi connectivity index (χ0v) is 24.7. The third-order valence-corrected chi connectivity index (χ3v) is 11.5. The van der Waals surface area contributed by atoms with Crippen molar-refractivity contribution in [1.82, 2.24) is 15.1 Å². The van der Waals surface area contributed by atoms with E-state index in [-0.39, 0.29) is 9.92 Å². The Morgan fingerprint density at radius 3 is 2.36 bits per heavy atom. The van der Waals surface area contributed by atoms with E-state index in [0.29, 0.717) is 32.5 Å². The number of nitrogens with zero attached hydrogens (tertiary/aromatic N) is 4. The maximum absolute atomic E-state index is 13.8. The highest BCUT2D eigenvalue weighted by Gasteiger charge is 2.70. The van der Waals surface area contributed by atoms with Gasteiger partial charge in [-0.2, -0.15) is 18.4 Å². The molecule has 1 aromatic rings. The van der Waals surface area contributed by atoms with Gasteiger partial charge in [0.15, 0.2) is 9.84 Å². The van der Waals surface area contributed by atoms with Crippen LogP contribution in [0.1, 0.15) is 32.1 Å². The van der Waals surface area contributed by atoms with E-state index < -0.39 is 75.9 Å². The summed E-state index contributed by atoms with van der Waals surface area (Å²) >= 11 is 6.49. The summed E-state index contributed by atoms with van der Waals surface area (Å²) in [6.07, 6.45) is -5.35. The van der Waals surface area contributed by atoms with Gasteiger partial charge < -0.3 is 19.9 Å². The van der Waals surface area contributed by atoms with Crippen LogP contribution >= 0.6 is 11.6 Å². The van der Waals surface area contributed by atoms with E-state index in [1.807, 2.05) is 6.07 Å². The van der Waals surface area contributed by atoms with Gasteiger partial charge in [-0.25, -0.2) is 8.42 Å². The van der Waals surface area contributed by atoms with Gasteiger partial charge in [0.1, 0.15) is 17.0 Å². The minimum Gasteiger partial charge on any atom is -0.383 e. The molecule has 230 valence electrons. The van der Waals surface area contributed by atoms with Crippen molar-refractivity contribution in [2.24, 2.45) is 5.41 Å². The first kappa shape index (κ1) is 30.8. The summed E-state index contributed by atoms with van der Waals surface area (Å²) in [4.78, 5) is 31.3. The van der Waals surface area contributed by atoms with Crippen LogP contribution in [0.4, 0.5) is 18.9 Å². The summed E-state index contributed by atoms with van der Waals surface area (Å²) in [5.41, 5.74) is -3.03. The minimum atomic E-state index is -4.83. The lowest BCUT2D eigenvalue weighted by Gasteiger charge is -2.36. The second-order valence-corrected chi connectivity index (χ2v) is 14.2. The van der Waals surface area contributed by atoms with E-state index in [0.717, 1.165) is 30.2 Å². The van der Waals surface area contributed by atoms with Gasteiger partial charge in [0, 0.05) is 52.1 Å². The molecule has 2 saturated carbocycles. The number of hydrogen-bond acceptors (Lipinski definition) is 8. The van der Waals surface area contributed by atoms with Crippen LogP contribution < -0.4 is 10.2 Å². The van der Waals surface area contributed by atoms with Gasteiger partial charge in [-0.3, -0.25) is 14.5 Å². The number of hydrogen-bond donors (Lipinski definition) is 1. The fourth-order valence-corrected chi connectivity index (χ4v) is 8.01. The molecule has 4 fully saturated rings. The number of carbonyl (C=O) groups is 2. The molecule has 0 radical (unpaired) electrons. The van der Waals surface area contributed by atoms with Crippen LogP contribution in [-0.2, 0) is 24.2 Å². The highest BCUT2D eigenvalue weighted by molar-refractivity contribution is 7.92. The lowest BCUT2D eigenvalue weighted by molar-refractivity contribution is -0.199. The zero-order chi connectivity index (χ0) is 30.5. The van der Waals surface area contributed by atoms with Crippen molar-refractivity contribution in [2.75, 3.05) is 57.9 Å². The fourth-order valence-electron chi connectivity index (χ4n) is 5.77. The highest BCUT2D eigenvalue weighted by Crippen LogP contribution is 2.59. The maximum atomic E-state index is 13.8. The molecule has 2 aliphatic heterocycles. The number of methoxy groups -OCH3 is 1. The van der Waals surface area contributed by atoms with Crippen molar-refractivity contribution in [3.63, 3.8) is 0 Å². The molecule has 1 unspecified atom stereocenters. The predicted octanol–water partition coefficient (Wildman–Crippen LogP) is 2.37. The molecule has 1 N–H and O–H groups in total. The summed E-state index contributed by atoms with van der Waals surface area (Å²) in [6, 6.07) is 5.07. The summed E-state index contributed by atoms with van der Waals surface area (Å²) in [5, 5.41) is 10.5. The summed E-state index contributed by atoms with van der Waals surface area (Å²) < 4.78 is 74.2. The SMILES string of the molecule is COCCN1CCN(c2ccc(S(=O)(=O)C3C[C@@H](C(=O)NC4(C#N)CC4)N(C(=O)C4(C(F)(F)F)CC4)C3)c(Cl)c2)CC1. The normalized spacial score (nSPS) is 25.1. The van der Waals surface area contributed by atoms with Crippen LogP contribution in [0.25, 0.3) is 0 Å². The Morgan fingerprint density at radius 1 is 1.17 bits per heavy atom. The van der Waals surface area contributed by atoms with Crippen molar-refractivity contribution in [2.45, 2.75) is 60.0 Å². The van der Waals surface area contributed by atoms with Gasteiger partial charge in [-0.1, -0.05) is 11.6 Å². The van der Waals surface area contributed by atoms with Gasteiger partial charge in [0.2, 0.25) is 11.8 Å². The number of rotatable bonds is 9. The maximum Gasteiger partial charge on any atom is 0.403 e. The summed E-state index contributed by atoms with van der Waals surface area (Å²) in [7, 11) is -2.61. The number of carbonyl (C=O) groups excluding carboxylic acids is 2. The lowest BCUT2D eigenvalue weighted by atomic mass is 10.0. The molecule has 0 bridgehead atoms. The van der Waals surface area contributed by atoms with Crippen LogP contribution in [0, 0.1) is 16.7 Å². The Labute approximate surface area is 247 Å². The summed E-state index contributed by atoms with van der Waals surface area (Å²) in [5.74, 6) is -2.13. The standard InChI is InChI=1S/C27H33ClF3N5O5S/c1-41-13-12-34-8-10-35(11-9-34)18-2-3-22(20(28)14-18)42(39,40)19-15-21(23(37)33-25(17-32)4-5-25)36(16-19)24(38)26(6-7-26)27(29,30)31/h2-3,14,19,21H,4-13,15-16H2,1H3,(H,33,37)/t19?,21-/m0/s1. The number of amides is 2. The van der Waals surface area contributed by atoms with Crippen molar-refractivity contribution in [3.05, 3.63) is 23.2 Å². The Hall–Kier alpha value is -2.60. The second-order valence-electron chi connectivity index (χ2n) is 11.6. The molecule has 1 aromatic carbocycles. The van der Waals surface area contributed by atoms with Crippen molar-refractivity contribution < 1.29 is 35.9 Å². The third kappa shape index (κ3) is 5.68.